The number of alkyl halides is 3. The minimum atomic E-state index is -4.63. The lowest BCUT2D eigenvalue weighted by Gasteiger charge is -2.12. The molecule has 0 saturated carbocycles. The van der Waals surface area contributed by atoms with Crippen LogP contribution in [0.4, 0.5) is 13.2 Å². The van der Waals surface area contributed by atoms with Gasteiger partial charge in [0.15, 0.2) is 6.61 Å². The first-order valence-electron chi connectivity index (χ1n) is 6.70. The number of pyridine rings is 1. The van der Waals surface area contributed by atoms with Gasteiger partial charge in [-0.05, 0) is 24.3 Å². The molecule has 2 aromatic rings. The Balaban J connectivity index is 2.28. The first kappa shape index (κ1) is 19.3. The third-order valence-corrected chi connectivity index (χ3v) is 3.15. The number of rotatable bonds is 6. The standard InChI is InChI=1S/C15H9ClF3NO6/c16-10-3-7(15(17,18)19)5-20-13(10)26-8-1-2-11(25-6-12(21)22)9(4-8)14(23)24/h1-5H,6H2,(H,21,22)(H,23,24). The number of halogens is 4. The summed E-state index contributed by atoms with van der Waals surface area (Å²) in [5.41, 5.74) is -1.48. The third-order valence-electron chi connectivity index (χ3n) is 2.88. The smallest absolute Gasteiger partial charge is 0.417 e. The number of aliphatic carboxylic acids is 1. The van der Waals surface area contributed by atoms with E-state index in [1.54, 1.807) is 0 Å². The van der Waals surface area contributed by atoms with Crippen LogP contribution in [-0.2, 0) is 11.0 Å². The van der Waals surface area contributed by atoms with Crippen LogP contribution in [0.5, 0.6) is 17.4 Å². The van der Waals surface area contributed by atoms with Crippen LogP contribution in [0.25, 0.3) is 0 Å². The van der Waals surface area contributed by atoms with Crippen molar-refractivity contribution < 1.29 is 42.4 Å². The van der Waals surface area contributed by atoms with Crippen LogP contribution in [0.2, 0.25) is 5.02 Å². The first-order chi connectivity index (χ1) is 12.1. The number of benzene rings is 1. The number of aromatic nitrogens is 1. The van der Waals surface area contributed by atoms with E-state index < -0.39 is 40.9 Å². The van der Waals surface area contributed by atoms with E-state index in [1.807, 2.05) is 0 Å². The van der Waals surface area contributed by atoms with Gasteiger partial charge in [0.2, 0.25) is 5.88 Å². The van der Waals surface area contributed by atoms with E-state index in [1.165, 1.54) is 6.07 Å². The van der Waals surface area contributed by atoms with Crippen molar-refractivity contribution in [1.29, 1.82) is 0 Å². The van der Waals surface area contributed by atoms with Gasteiger partial charge >= 0.3 is 18.1 Å². The monoisotopic (exact) mass is 391 g/mol. The molecule has 1 heterocycles. The number of hydrogen-bond acceptors (Lipinski definition) is 5. The highest BCUT2D eigenvalue weighted by Crippen LogP contribution is 2.35. The van der Waals surface area contributed by atoms with Crippen molar-refractivity contribution in [2.24, 2.45) is 0 Å². The summed E-state index contributed by atoms with van der Waals surface area (Å²) in [6, 6.07) is 3.97. The number of aromatic carboxylic acids is 1. The zero-order valence-corrected chi connectivity index (χ0v) is 13.3. The molecule has 0 atom stereocenters. The third kappa shape index (κ3) is 4.76. The molecule has 0 saturated heterocycles. The average molecular weight is 392 g/mol. The molecule has 0 aliphatic carbocycles. The van der Waals surface area contributed by atoms with Crippen LogP contribution in [0.15, 0.2) is 30.5 Å². The van der Waals surface area contributed by atoms with Crippen LogP contribution >= 0.6 is 11.6 Å². The Morgan fingerprint density at radius 3 is 2.42 bits per heavy atom. The summed E-state index contributed by atoms with van der Waals surface area (Å²) in [6.07, 6.45) is -4.11. The molecule has 1 aromatic heterocycles. The van der Waals surface area contributed by atoms with Gasteiger partial charge in [-0.25, -0.2) is 14.6 Å². The van der Waals surface area contributed by atoms with Crippen LogP contribution < -0.4 is 9.47 Å². The van der Waals surface area contributed by atoms with Gasteiger partial charge in [-0.1, -0.05) is 11.6 Å². The maximum Gasteiger partial charge on any atom is 0.417 e. The molecule has 2 rings (SSSR count). The summed E-state index contributed by atoms with van der Waals surface area (Å²) in [7, 11) is 0. The fourth-order valence-electron chi connectivity index (χ4n) is 1.77. The second-order valence-corrected chi connectivity index (χ2v) is 5.16. The molecule has 7 nitrogen and oxygen atoms in total. The largest absolute Gasteiger partial charge is 0.481 e. The number of carboxylic acids is 2. The topological polar surface area (TPSA) is 106 Å². The van der Waals surface area contributed by atoms with Gasteiger partial charge < -0.3 is 19.7 Å². The predicted molar refractivity (Wildman–Crippen MR) is 80.9 cm³/mol. The zero-order chi connectivity index (χ0) is 19.5. The molecule has 0 unspecified atom stereocenters. The highest BCUT2D eigenvalue weighted by Gasteiger charge is 2.31. The maximum atomic E-state index is 12.6. The summed E-state index contributed by atoms with van der Waals surface area (Å²) < 4.78 is 47.8. The van der Waals surface area contributed by atoms with E-state index in [9.17, 15) is 22.8 Å². The molecular formula is C15H9ClF3NO6. The highest BCUT2D eigenvalue weighted by molar-refractivity contribution is 6.31. The van der Waals surface area contributed by atoms with E-state index in [2.05, 4.69) is 4.98 Å². The van der Waals surface area contributed by atoms with Crippen molar-refractivity contribution in [1.82, 2.24) is 4.98 Å². The van der Waals surface area contributed by atoms with Gasteiger partial charge in [-0.2, -0.15) is 13.2 Å². The summed E-state index contributed by atoms with van der Waals surface area (Å²) in [6.45, 7) is -0.757. The van der Waals surface area contributed by atoms with Crippen molar-refractivity contribution in [3.05, 3.63) is 46.6 Å². The quantitative estimate of drug-likeness (QED) is 0.773. The Labute approximate surface area is 148 Å². The molecule has 26 heavy (non-hydrogen) atoms. The van der Waals surface area contributed by atoms with Crippen LogP contribution in [0.1, 0.15) is 15.9 Å². The summed E-state index contributed by atoms with van der Waals surface area (Å²) in [4.78, 5) is 25.2. The molecule has 0 bridgehead atoms. The molecule has 138 valence electrons. The molecule has 1 aromatic carbocycles. The van der Waals surface area contributed by atoms with E-state index in [0.717, 1.165) is 12.1 Å². The van der Waals surface area contributed by atoms with Crippen molar-refractivity contribution in [2.45, 2.75) is 6.18 Å². The van der Waals surface area contributed by atoms with E-state index in [-0.39, 0.29) is 17.4 Å². The fraction of sp³-hybridized carbons (Fsp3) is 0.133. The number of carboxylic acid groups (broad SMARTS) is 2. The van der Waals surface area contributed by atoms with E-state index >= 15 is 0 Å². The minimum absolute atomic E-state index is 0.0979. The number of ether oxygens (including phenoxy) is 2. The van der Waals surface area contributed by atoms with Crippen LogP contribution in [0, 0.1) is 0 Å². The molecule has 0 aliphatic rings. The summed E-state index contributed by atoms with van der Waals surface area (Å²) in [5, 5.41) is 17.3. The van der Waals surface area contributed by atoms with Crippen molar-refractivity contribution in [3.63, 3.8) is 0 Å². The Bertz CT molecular complexity index is 856. The molecule has 0 radical (unpaired) electrons. The molecule has 2 N–H and O–H groups in total. The first-order valence-corrected chi connectivity index (χ1v) is 7.08. The number of hydrogen-bond donors (Lipinski definition) is 2. The molecule has 0 fully saturated rings. The van der Waals surface area contributed by atoms with Gasteiger partial charge in [-0.3, -0.25) is 0 Å². The normalized spacial score (nSPS) is 11.1. The van der Waals surface area contributed by atoms with Crippen molar-refractivity contribution >= 4 is 23.5 Å². The maximum absolute atomic E-state index is 12.6. The highest BCUT2D eigenvalue weighted by atomic mass is 35.5. The van der Waals surface area contributed by atoms with Crippen LogP contribution in [0.3, 0.4) is 0 Å². The SMILES string of the molecule is O=C(O)COc1ccc(Oc2ncc(C(F)(F)F)cc2Cl)cc1C(=O)O. The molecular weight excluding hydrogens is 383 g/mol. The number of nitrogens with zero attached hydrogens (tertiary/aromatic N) is 1. The Morgan fingerprint density at radius 2 is 1.88 bits per heavy atom. The second-order valence-electron chi connectivity index (χ2n) is 4.76. The van der Waals surface area contributed by atoms with Crippen molar-refractivity contribution in [2.75, 3.05) is 6.61 Å². The number of carbonyl (C=O) groups is 2. The Hall–Kier alpha value is -3.01. The van der Waals surface area contributed by atoms with Gasteiger partial charge in [0.05, 0.1) is 5.56 Å². The summed E-state index contributed by atoms with van der Waals surface area (Å²) >= 11 is 5.71. The van der Waals surface area contributed by atoms with Gasteiger partial charge in [0, 0.05) is 6.20 Å². The fourth-order valence-corrected chi connectivity index (χ4v) is 1.98. The zero-order valence-electron chi connectivity index (χ0n) is 12.6. The lowest BCUT2D eigenvalue weighted by Crippen LogP contribution is -2.12. The minimum Gasteiger partial charge on any atom is -0.481 e. The molecule has 11 heteroatoms. The molecule has 0 amide bonds. The predicted octanol–water partition coefficient (Wildman–Crippen LogP) is 3.71. The summed E-state index contributed by atoms with van der Waals surface area (Å²) in [5.74, 6) is -3.42. The average Bonchev–Trinajstić information content (AvgIpc) is 2.54. The lowest BCUT2D eigenvalue weighted by atomic mass is 10.2. The van der Waals surface area contributed by atoms with Crippen molar-refractivity contribution in [3.8, 4) is 17.4 Å². The van der Waals surface area contributed by atoms with E-state index in [0.29, 0.717) is 12.3 Å². The Morgan fingerprint density at radius 1 is 1.19 bits per heavy atom. The van der Waals surface area contributed by atoms with Crippen LogP contribution in [-0.4, -0.2) is 33.7 Å². The van der Waals surface area contributed by atoms with Gasteiger partial charge in [-0.15, -0.1) is 0 Å². The van der Waals surface area contributed by atoms with Gasteiger partial charge in [0.1, 0.15) is 22.1 Å². The Kier molecular flexibility index (Phi) is 5.56. The lowest BCUT2D eigenvalue weighted by molar-refractivity contribution is -0.139. The second kappa shape index (κ2) is 7.48. The van der Waals surface area contributed by atoms with Gasteiger partial charge in [0.25, 0.3) is 0 Å². The molecule has 0 spiro atoms. The molecule has 0 aliphatic heterocycles. The van der Waals surface area contributed by atoms with E-state index in [4.69, 9.17) is 31.3 Å².